The van der Waals surface area contributed by atoms with E-state index in [4.69, 9.17) is 0 Å². The SMILES string of the molecule is CC(O)C1CNc2cc(Br)ccc21. The van der Waals surface area contributed by atoms with Gasteiger partial charge in [-0.05, 0) is 24.6 Å². The average Bonchev–Trinajstić information content (AvgIpc) is 2.46. The van der Waals surface area contributed by atoms with Crippen LogP contribution in [0.1, 0.15) is 18.4 Å². The fourth-order valence-corrected chi connectivity index (χ4v) is 2.13. The van der Waals surface area contributed by atoms with E-state index in [9.17, 15) is 5.11 Å². The van der Waals surface area contributed by atoms with Crippen LogP contribution in [-0.2, 0) is 0 Å². The van der Waals surface area contributed by atoms with Crippen molar-refractivity contribution in [2.24, 2.45) is 0 Å². The van der Waals surface area contributed by atoms with Gasteiger partial charge in [-0.3, -0.25) is 0 Å². The van der Waals surface area contributed by atoms with Crippen LogP contribution in [0, 0.1) is 0 Å². The maximum atomic E-state index is 9.52. The van der Waals surface area contributed by atoms with Gasteiger partial charge in [0.25, 0.3) is 0 Å². The van der Waals surface area contributed by atoms with Gasteiger partial charge in [-0.25, -0.2) is 0 Å². The van der Waals surface area contributed by atoms with Crippen LogP contribution in [0.4, 0.5) is 5.69 Å². The highest BCUT2D eigenvalue weighted by Gasteiger charge is 2.25. The molecule has 0 aliphatic carbocycles. The monoisotopic (exact) mass is 241 g/mol. The molecule has 1 aliphatic heterocycles. The fraction of sp³-hybridized carbons (Fsp3) is 0.400. The lowest BCUT2D eigenvalue weighted by atomic mass is 9.97. The lowest BCUT2D eigenvalue weighted by Crippen LogP contribution is -2.16. The summed E-state index contributed by atoms with van der Waals surface area (Å²) in [5.41, 5.74) is 2.36. The quantitative estimate of drug-likeness (QED) is 0.792. The van der Waals surface area contributed by atoms with E-state index >= 15 is 0 Å². The first-order chi connectivity index (χ1) is 6.18. The predicted molar refractivity (Wildman–Crippen MR) is 57.1 cm³/mol. The van der Waals surface area contributed by atoms with E-state index in [-0.39, 0.29) is 12.0 Å². The molecule has 1 heterocycles. The minimum absolute atomic E-state index is 0.239. The third kappa shape index (κ3) is 1.58. The molecule has 1 aromatic carbocycles. The Labute approximate surface area is 86.1 Å². The summed E-state index contributed by atoms with van der Waals surface area (Å²) >= 11 is 3.42. The summed E-state index contributed by atoms with van der Waals surface area (Å²) in [4.78, 5) is 0. The van der Waals surface area contributed by atoms with Crippen LogP contribution >= 0.6 is 15.9 Å². The minimum atomic E-state index is -0.282. The van der Waals surface area contributed by atoms with Crippen molar-refractivity contribution in [3.05, 3.63) is 28.2 Å². The van der Waals surface area contributed by atoms with Crippen molar-refractivity contribution in [1.29, 1.82) is 0 Å². The van der Waals surface area contributed by atoms with Gasteiger partial charge in [0, 0.05) is 22.6 Å². The summed E-state index contributed by atoms with van der Waals surface area (Å²) in [5, 5.41) is 12.8. The van der Waals surface area contributed by atoms with Crippen LogP contribution in [0.15, 0.2) is 22.7 Å². The van der Waals surface area contributed by atoms with Gasteiger partial charge in [-0.1, -0.05) is 22.0 Å². The van der Waals surface area contributed by atoms with Crippen LogP contribution in [0.25, 0.3) is 0 Å². The van der Waals surface area contributed by atoms with E-state index in [1.807, 2.05) is 13.0 Å². The molecule has 2 unspecified atom stereocenters. The third-order valence-corrected chi connectivity index (χ3v) is 3.00. The molecule has 13 heavy (non-hydrogen) atoms. The minimum Gasteiger partial charge on any atom is -0.393 e. The van der Waals surface area contributed by atoms with E-state index in [1.165, 1.54) is 5.56 Å². The van der Waals surface area contributed by atoms with Gasteiger partial charge >= 0.3 is 0 Å². The molecule has 2 rings (SSSR count). The number of benzene rings is 1. The first kappa shape index (κ1) is 9.03. The second kappa shape index (κ2) is 3.31. The number of nitrogens with one attached hydrogen (secondary N) is 1. The summed E-state index contributed by atoms with van der Waals surface area (Å²) in [6, 6.07) is 6.13. The van der Waals surface area contributed by atoms with Crippen molar-refractivity contribution in [1.82, 2.24) is 0 Å². The van der Waals surface area contributed by atoms with Crippen molar-refractivity contribution in [3.8, 4) is 0 Å². The number of rotatable bonds is 1. The summed E-state index contributed by atoms with van der Waals surface area (Å²) in [6.45, 7) is 2.67. The Morgan fingerprint density at radius 3 is 3.08 bits per heavy atom. The van der Waals surface area contributed by atoms with Crippen LogP contribution in [0.5, 0.6) is 0 Å². The number of hydrogen-bond acceptors (Lipinski definition) is 2. The van der Waals surface area contributed by atoms with E-state index in [0.29, 0.717) is 0 Å². The number of aliphatic hydroxyl groups excluding tert-OH is 1. The Hall–Kier alpha value is -0.540. The van der Waals surface area contributed by atoms with Gasteiger partial charge < -0.3 is 10.4 Å². The van der Waals surface area contributed by atoms with Gasteiger partial charge in [0.2, 0.25) is 0 Å². The molecule has 0 radical (unpaired) electrons. The molecular weight excluding hydrogens is 230 g/mol. The second-order valence-electron chi connectivity index (χ2n) is 3.46. The summed E-state index contributed by atoms with van der Waals surface area (Å²) in [7, 11) is 0. The first-order valence-corrected chi connectivity index (χ1v) is 5.19. The Kier molecular flexibility index (Phi) is 2.30. The van der Waals surface area contributed by atoms with Crippen molar-refractivity contribution < 1.29 is 5.11 Å². The van der Waals surface area contributed by atoms with E-state index < -0.39 is 0 Å². The summed E-state index contributed by atoms with van der Waals surface area (Å²) in [5.74, 6) is 0.239. The molecule has 3 heteroatoms. The standard InChI is InChI=1S/C10H12BrNO/c1-6(13)9-5-12-10-4-7(11)2-3-8(9)10/h2-4,6,9,12-13H,5H2,1H3. The van der Waals surface area contributed by atoms with E-state index in [2.05, 4.69) is 33.4 Å². The van der Waals surface area contributed by atoms with Gasteiger partial charge in [0.1, 0.15) is 0 Å². The van der Waals surface area contributed by atoms with Crippen molar-refractivity contribution in [2.45, 2.75) is 18.9 Å². The van der Waals surface area contributed by atoms with Crippen molar-refractivity contribution in [3.63, 3.8) is 0 Å². The zero-order chi connectivity index (χ0) is 9.42. The van der Waals surface area contributed by atoms with Crippen LogP contribution in [0.3, 0.4) is 0 Å². The third-order valence-electron chi connectivity index (χ3n) is 2.51. The molecule has 2 atom stereocenters. The smallest absolute Gasteiger partial charge is 0.0598 e. The first-order valence-electron chi connectivity index (χ1n) is 4.40. The molecule has 2 nitrogen and oxygen atoms in total. The van der Waals surface area contributed by atoms with Crippen LogP contribution in [0.2, 0.25) is 0 Å². The summed E-state index contributed by atoms with van der Waals surface area (Å²) in [6.07, 6.45) is -0.282. The highest BCUT2D eigenvalue weighted by molar-refractivity contribution is 9.10. The molecule has 0 saturated heterocycles. The summed E-state index contributed by atoms with van der Waals surface area (Å²) < 4.78 is 1.07. The Bertz CT molecular complexity index is 325. The average molecular weight is 242 g/mol. The molecule has 0 spiro atoms. The zero-order valence-electron chi connectivity index (χ0n) is 7.42. The van der Waals surface area contributed by atoms with Gasteiger partial charge in [0.05, 0.1) is 6.10 Å². The number of fused-ring (bicyclic) bond motifs is 1. The van der Waals surface area contributed by atoms with E-state index in [1.54, 1.807) is 0 Å². The highest BCUT2D eigenvalue weighted by atomic mass is 79.9. The number of halogens is 1. The predicted octanol–water partition coefficient (Wildman–Crippen LogP) is 2.34. The maximum absolute atomic E-state index is 9.52. The maximum Gasteiger partial charge on any atom is 0.0598 e. The second-order valence-corrected chi connectivity index (χ2v) is 4.38. The molecular formula is C10H12BrNO. The molecule has 2 N–H and O–H groups in total. The topological polar surface area (TPSA) is 32.3 Å². The Morgan fingerprint density at radius 1 is 1.62 bits per heavy atom. The Balaban J connectivity index is 2.38. The molecule has 70 valence electrons. The van der Waals surface area contributed by atoms with Crippen molar-refractivity contribution in [2.75, 3.05) is 11.9 Å². The molecule has 0 fully saturated rings. The van der Waals surface area contributed by atoms with Gasteiger partial charge in [-0.15, -0.1) is 0 Å². The molecule has 0 saturated carbocycles. The van der Waals surface area contributed by atoms with E-state index in [0.717, 1.165) is 16.7 Å². The molecule has 0 amide bonds. The highest BCUT2D eigenvalue weighted by Crippen LogP contribution is 2.35. The molecule has 0 aromatic heterocycles. The molecule has 1 aliphatic rings. The van der Waals surface area contributed by atoms with Crippen LogP contribution in [-0.4, -0.2) is 17.8 Å². The number of aliphatic hydroxyl groups is 1. The van der Waals surface area contributed by atoms with Crippen molar-refractivity contribution >= 4 is 21.6 Å². The zero-order valence-corrected chi connectivity index (χ0v) is 9.01. The lowest BCUT2D eigenvalue weighted by molar-refractivity contribution is 0.169. The Morgan fingerprint density at radius 2 is 2.38 bits per heavy atom. The molecule has 0 bridgehead atoms. The molecule has 1 aromatic rings. The normalized spacial score (nSPS) is 22.2. The lowest BCUT2D eigenvalue weighted by Gasteiger charge is -2.12. The van der Waals surface area contributed by atoms with Gasteiger partial charge in [-0.2, -0.15) is 0 Å². The largest absolute Gasteiger partial charge is 0.393 e. The number of anilines is 1. The van der Waals surface area contributed by atoms with Gasteiger partial charge in [0.15, 0.2) is 0 Å². The van der Waals surface area contributed by atoms with Crippen LogP contribution < -0.4 is 5.32 Å². The number of hydrogen-bond donors (Lipinski definition) is 2. The fourth-order valence-electron chi connectivity index (χ4n) is 1.77.